The number of hydrogen-bond donors (Lipinski definition) is 0. The highest BCUT2D eigenvalue weighted by Gasteiger charge is 2.18. The molecule has 0 bridgehead atoms. The van der Waals surface area contributed by atoms with Crippen molar-refractivity contribution in [1.82, 2.24) is 0 Å². The maximum absolute atomic E-state index is 8.58. The molecule has 0 saturated carbocycles. The van der Waals surface area contributed by atoms with Crippen molar-refractivity contribution in [1.29, 1.82) is 5.26 Å². The largest absolute Gasteiger partial charge is 0.197 e. The first-order valence-corrected chi connectivity index (χ1v) is 3.14. The van der Waals surface area contributed by atoms with Gasteiger partial charge in [0.05, 0.1) is 11.5 Å². The lowest BCUT2D eigenvalue weighted by molar-refractivity contribution is 0.578. The van der Waals surface area contributed by atoms with Crippen molar-refractivity contribution in [3.63, 3.8) is 0 Å². The minimum Gasteiger partial charge on any atom is -0.197 e. The Morgan fingerprint density at radius 2 is 2.11 bits per heavy atom. The van der Waals surface area contributed by atoms with Gasteiger partial charge in [-0.3, -0.25) is 0 Å². The summed E-state index contributed by atoms with van der Waals surface area (Å²) in [5.41, 5.74) is 0.666. The highest BCUT2D eigenvalue weighted by Crippen LogP contribution is 2.25. The van der Waals surface area contributed by atoms with E-state index < -0.39 is 0 Å². The zero-order valence-corrected chi connectivity index (χ0v) is 6.36. The standard InChI is InChI=1S/C8H13N/c1-5-7(2)8(3,4)6-9/h2,5H2,1,3-4H3. The molecule has 0 aliphatic heterocycles. The number of hydrogen-bond acceptors (Lipinski definition) is 1. The van der Waals surface area contributed by atoms with E-state index in [9.17, 15) is 0 Å². The van der Waals surface area contributed by atoms with E-state index in [-0.39, 0.29) is 5.41 Å². The molecule has 0 unspecified atom stereocenters. The first kappa shape index (κ1) is 8.23. The summed E-state index contributed by atoms with van der Waals surface area (Å²) in [6.45, 7) is 9.58. The molecule has 0 N–H and O–H groups in total. The molecule has 0 amide bonds. The van der Waals surface area contributed by atoms with Crippen LogP contribution in [0.1, 0.15) is 27.2 Å². The van der Waals surface area contributed by atoms with Crippen LogP contribution in [-0.2, 0) is 0 Å². The first-order chi connectivity index (χ1) is 4.04. The third-order valence-corrected chi connectivity index (χ3v) is 1.59. The number of nitrogens with zero attached hydrogens (tertiary/aromatic N) is 1. The van der Waals surface area contributed by atoms with Crippen molar-refractivity contribution in [3.05, 3.63) is 12.2 Å². The third-order valence-electron chi connectivity index (χ3n) is 1.59. The molecule has 1 nitrogen and oxygen atoms in total. The van der Waals surface area contributed by atoms with Gasteiger partial charge in [-0.25, -0.2) is 0 Å². The molecule has 0 radical (unpaired) electrons. The van der Waals surface area contributed by atoms with Crippen LogP contribution in [0.15, 0.2) is 12.2 Å². The van der Waals surface area contributed by atoms with Gasteiger partial charge in [0.15, 0.2) is 0 Å². The SMILES string of the molecule is C=C(CC)C(C)(C)C#N. The summed E-state index contributed by atoms with van der Waals surface area (Å²) >= 11 is 0. The van der Waals surface area contributed by atoms with Gasteiger partial charge in [0.2, 0.25) is 0 Å². The molecular formula is C8H13N. The lowest BCUT2D eigenvalue weighted by Crippen LogP contribution is -2.09. The van der Waals surface area contributed by atoms with Crippen molar-refractivity contribution in [3.8, 4) is 6.07 Å². The second kappa shape index (κ2) is 2.68. The van der Waals surface area contributed by atoms with E-state index >= 15 is 0 Å². The predicted molar refractivity (Wildman–Crippen MR) is 38.8 cm³/mol. The molecule has 0 spiro atoms. The Bertz CT molecular complexity index is 148. The molecule has 0 aromatic heterocycles. The minimum absolute atomic E-state index is 0.339. The van der Waals surface area contributed by atoms with Gasteiger partial charge in [-0.05, 0) is 20.3 Å². The fourth-order valence-corrected chi connectivity index (χ4v) is 0.521. The summed E-state index contributed by atoms with van der Waals surface area (Å²) in [5.74, 6) is 0. The van der Waals surface area contributed by atoms with Crippen LogP contribution in [0.5, 0.6) is 0 Å². The molecule has 0 heterocycles. The monoisotopic (exact) mass is 123 g/mol. The van der Waals surface area contributed by atoms with E-state index in [4.69, 9.17) is 5.26 Å². The van der Waals surface area contributed by atoms with E-state index in [1.54, 1.807) is 0 Å². The Kier molecular flexibility index (Phi) is 2.45. The van der Waals surface area contributed by atoms with E-state index in [0.717, 1.165) is 12.0 Å². The van der Waals surface area contributed by atoms with Gasteiger partial charge in [-0.15, -0.1) is 0 Å². The highest BCUT2D eigenvalue weighted by atomic mass is 14.3. The Labute approximate surface area is 57.0 Å². The van der Waals surface area contributed by atoms with Crippen LogP contribution in [-0.4, -0.2) is 0 Å². The molecule has 0 atom stereocenters. The van der Waals surface area contributed by atoms with Crippen LogP contribution in [0.25, 0.3) is 0 Å². The van der Waals surface area contributed by atoms with Crippen LogP contribution in [0, 0.1) is 16.7 Å². The van der Waals surface area contributed by atoms with E-state index in [0.29, 0.717) is 0 Å². The molecule has 0 aliphatic carbocycles. The molecular weight excluding hydrogens is 110 g/mol. The zero-order chi connectivity index (χ0) is 7.49. The van der Waals surface area contributed by atoms with Crippen molar-refractivity contribution < 1.29 is 0 Å². The van der Waals surface area contributed by atoms with Gasteiger partial charge in [0.1, 0.15) is 0 Å². The summed E-state index contributed by atoms with van der Waals surface area (Å²) in [5, 5.41) is 8.58. The van der Waals surface area contributed by atoms with Gasteiger partial charge < -0.3 is 0 Å². The van der Waals surface area contributed by atoms with Gasteiger partial charge in [-0.1, -0.05) is 19.1 Å². The Balaban J connectivity index is 4.19. The van der Waals surface area contributed by atoms with Crippen molar-refractivity contribution in [2.75, 3.05) is 0 Å². The first-order valence-electron chi connectivity index (χ1n) is 3.14. The summed E-state index contributed by atoms with van der Waals surface area (Å²) in [7, 11) is 0. The van der Waals surface area contributed by atoms with Crippen LogP contribution < -0.4 is 0 Å². The molecule has 9 heavy (non-hydrogen) atoms. The maximum atomic E-state index is 8.58. The smallest absolute Gasteiger partial charge is 0.0728 e. The van der Waals surface area contributed by atoms with Crippen molar-refractivity contribution >= 4 is 0 Å². The quantitative estimate of drug-likeness (QED) is 0.517. The van der Waals surface area contributed by atoms with E-state index in [1.165, 1.54) is 0 Å². The molecule has 0 saturated heterocycles. The lowest BCUT2D eigenvalue weighted by Gasteiger charge is -2.16. The summed E-state index contributed by atoms with van der Waals surface area (Å²) in [6, 6.07) is 2.19. The van der Waals surface area contributed by atoms with Gasteiger partial charge in [-0.2, -0.15) is 5.26 Å². The fraction of sp³-hybridized carbons (Fsp3) is 0.625. The third kappa shape index (κ3) is 1.89. The second-order valence-electron chi connectivity index (χ2n) is 2.69. The Morgan fingerprint density at radius 3 is 2.22 bits per heavy atom. The molecule has 0 aliphatic rings. The van der Waals surface area contributed by atoms with E-state index in [2.05, 4.69) is 12.6 Å². The predicted octanol–water partition coefficient (Wildman–Crippen LogP) is 2.50. The number of nitriles is 1. The zero-order valence-electron chi connectivity index (χ0n) is 6.36. The van der Waals surface area contributed by atoms with Crippen molar-refractivity contribution in [2.45, 2.75) is 27.2 Å². The molecule has 0 rings (SSSR count). The van der Waals surface area contributed by atoms with E-state index in [1.807, 2.05) is 20.8 Å². The fourth-order valence-electron chi connectivity index (χ4n) is 0.521. The molecule has 0 fully saturated rings. The molecule has 0 aromatic carbocycles. The highest BCUT2D eigenvalue weighted by molar-refractivity contribution is 5.16. The van der Waals surface area contributed by atoms with Crippen LogP contribution in [0.3, 0.4) is 0 Å². The minimum atomic E-state index is -0.339. The Morgan fingerprint density at radius 1 is 1.67 bits per heavy atom. The summed E-state index contributed by atoms with van der Waals surface area (Å²) < 4.78 is 0. The van der Waals surface area contributed by atoms with Crippen molar-refractivity contribution in [2.24, 2.45) is 5.41 Å². The van der Waals surface area contributed by atoms with Gasteiger partial charge in [0.25, 0.3) is 0 Å². The number of rotatable bonds is 2. The normalized spacial score (nSPS) is 10.4. The topological polar surface area (TPSA) is 23.8 Å². The average molecular weight is 123 g/mol. The Hall–Kier alpha value is -0.770. The van der Waals surface area contributed by atoms with Crippen LogP contribution in [0.4, 0.5) is 0 Å². The van der Waals surface area contributed by atoms with Gasteiger partial charge >= 0.3 is 0 Å². The van der Waals surface area contributed by atoms with Crippen LogP contribution >= 0.6 is 0 Å². The summed E-state index contributed by atoms with van der Waals surface area (Å²) in [4.78, 5) is 0. The lowest BCUT2D eigenvalue weighted by atomic mass is 9.85. The van der Waals surface area contributed by atoms with Crippen LogP contribution in [0.2, 0.25) is 0 Å². The molecule has 1 heteroatoms. The second-order valence-corrected chi connectivity index (χ2v) is 2.69. The summed E-state index contributed by atoms with van der Waals surface area (Å²) in [6.07, 6.45) is 0.889. The van der Waals surface area contributed by atoms with Gasteiger partial charge in [0, 0.05) is 0 Å². The number of allylic oxidation sites excluding steroid dienone is 1. The average Bonchev–Trinajstić information content (AvgIpc) is 1.86. The molecule has 0 aromatic rings. The molecule has 50 valence electrons. The maximum Gasteiger partial charge on any atom is 0.0728 e.